The van der Waals surface area contributed by atoms with E-state index in [1.54, 1.807) is 0 Å². The van der Waals surface area contributed by atoms with E-state index < -0.39 is 22.5 Å². The molecule has 2 aliphatic rings. The Morgan fingerprint density at radius 3 is 2.84 bits per heavy atom. The molecule has 25 heavy (non-hydrogen) atoms. The number of hydrogen-bond donors (Lipinski definition) is 3. The van der Waals surface area contributed by atoms with E-state index in [4.69, 9.17) is 16.0 Å². The SMILES string of the molecule is NC(N)=NCCc1nnc([C@@H]2CC[C@H]3CN2C(=O)N3OS(=O)(=O)O)s1. The van der Waals surface area contributed by atoms with Crippen LogP contribution in [-0.4, -0.2) is 64.3 Å². The van der Waals surface area contributed by atoms with Crippen LogP contribution in [0.25, 0.3) is 0 Å². The summed E-state index contributed by atoms with van der Waals surface area (Å²) in [7, 11) is -4.75. The van der Waals surface area contributed by atoms with Gasteiger partial charge in [-0.15, -0.1) is 14.5 Å². The number of guanidine groups is 1. The number of urea groups is 1. The molecule has 2 aliphatic heterocycles. The Labute approximate surface area is 147 Å². The molecule has 5 N–H and O–H groups in total. The van der Waals surface area contributed by atoms with Crippen LogP contribution in [0.5, 0.6) is 0 Å². The first kappa shape index (κ1) is 17.8. The molecular weight excluding hydrogens is 374 g/mol. The number of aliphatic imine (C=N–C) groups is 1. The van der Waals surface area contributed by atoms with E-state index in [-0.39, 0.29) is 12.0 Å². The fraction of sp³-hybridized carbons (Fsp3) is 0.636. The molecule has 12 nitrogen and oxygen atoms in total. The van der Waals surface area contributed by atoms with Crippen molar-refractivity contribution in [1.82, 2.24) is 20.2 Å². The molecule has 0 radical (unpaired) electrons. The number of hydrogen-bond acceptors (Lipinski definition) is 8. The zero-order chi connectivity index (χ0) is 18.2. The first-order chi connectivity index (χ1) is 11.7. The Morgan fingerprint density at radius 1 is 1.40 bits per heavy atom. The maximum absolute atomic E-state index is 12.4. The lowest BCUT2D eigenvalue weighted by atomic mass is 10.0. The minimum absolute atomic E-state index is 0.00431. The van der Waals surface area contributed by atoms with Gasteiger partial charge in [-0.1, -0.05) is 11.3 Å². The second-order valence-corrected chi connectivity index (χ2v) is 7.70. The van der Waals surface area contributed by atoms with Gasteiger partial charge in [-0.2, -0.15) is 13.5 Å². The molecule has 2 bridgehead atoms. The summed E-state index contributed by atoms with van der Waals surface area (Å²) in [6.07, 6.45) is 1.63. The van der Waals surface area contributed by atoms with Crippen LogP contribution in [0.3, 0.4) is 0 Å². The zero-order valence-electron chi connectivity index (χ0n) is 13.0. The molecule has 0 spiro atoms. The van der Waals surface area contributed by atoms with Crippen LogP contribution in [0.15, 0.2) is 4.99 Å². The van der Waals surface area contributed by atoms with E-state index in [2.05, 4.69) is 19.5 Å². The van der Waals surface area contributed by atoms with Gasteiger partial charge in [-0.05, 0) is 12.8 Å². The third-order valence-electron chi connectivity index (χ3n) is 3.88. The Bertz CT molecular complexity index is 790. The van der Waals surface area contributed by atoms with Gasteiger partial charge in [0, 0.05) is 19.5 Å². The predicted octanol–water partition coefficient (Wildman–Crippen LogP) is -0.970. The molecule has 3 rings (SSSR count). The minimum Gasteiger partial charge on any atom is -0.370 e. The average molecular weight is 391 g/mol. The standard InChI is InChI=1S/C11H17N7O5S2/c12-10(13)14-4-3-8-15-16-9(24-8)7-2-1-6-5-17(7)11(19)18(6)23-25(20,21)22/h6-7H,1-5H2,(H4,12,13,14)(H,20,21,22)/t6-,7-/m0/s1. The number of rotatable bonds is 6. The maximum atomic E-state index is 12.4. The number of nitrogens with zero attached hydrogens (tertiary/aromatic N) is 5. The molecule has 14 heteroatoms. The summed E-state index contributed by atoms with van der Waals surface area (Å²) in [4.78, 5) is 17.7. The molecule has 0 aromatic carbocycles. The second-order valence-electron chi connectivity index (χ2n) is 5.60. The highest BCUT2D eigenvalue weighted by molar-refractivity contribution is 7.80. The first-order valence-electron chi connectivity index (χ1n) is 7.39. The summed E-state index contributed by atoms with van der Waals surface area (Å²) in [5.41, 5.74) is 10.5. The summed E-state index contributed by atoms with van der Waals surface area (Å²) in [5, 5.41) is 10.3. The highest BCUT2D eigenvalue weighted by Gasteiger charge is 2.48. The van der Waals surface area contributed by atoms with Crippen molar-refractivity contribution in [2.45, 2.75) is 31.3 Å². The van der Waals surface area contributed by atoms with Gasteiger partial charge in [0.1, 0.15) is 10.0 Å². The zero-order valence-corrected chi connectivity index (χ0v) is 14.6. The fourth-order valence-corrected chi connectivity index (χ4v) is 4.24. The first-order valence-corrected chi connectivity index (χ1v) is 9.57. The van der Waals surface area contributed by atoms with E-state index in [0.717, 1.165) is 5.01 Å². The minimum atomic E-state index is -4.75. The Balaban J connectivity index is 1.70. The van der Waals surface area contributed by atoms with E-state index >= 15 is 0 Å². The smallest absolute Gasteiger partial charge is 0.370 e. The largest absolute Gasteiger partial charge is 0.418 e. The van der Waals surface area contributed by atoms with Gasteiger partial charge in [-0.3, -0.25) is 9.55 Å². The van der Waals surface area contributed by atoms with Crippen LogP contribution in [0.4, 0.5) is 4.79 Å². The molecule has 2 saturated heterocycles. The number of piperidine rings is 1. The molecule has 138 valence electrons. The van der Waals surface area contributed by atoms with Crippen LogP contribution in [0.2, 0.25) is 0 Å². The van der Waals surface area contributed by atoms with Crippen molar-refractivity contribution in [2.75, 3.05) is 13.1 Å². The number of hydroxylamine groups is 2. The van der Waals surface area contributed by atoms with Crippen molar-refractivity contribution in [3.8, 4) is 0 Å². The molecule has 3 heterocycles. The molecule has 0 aliphatic carbocycles. The monoisotopic (exact) mass is 391 g/mol. The summed E-state index contributed by atoms with van der Waals surface area (Å²) >= 11 is 1.35. The van der Waals surface area contributed by atoms with E-state index in [0.29, 0.717) is 42.4 Å². The van der Waals surface area contributed by atoms with Crippen LogP contribution in [0, 0.1) is 0 Å². The van der Waals surface area contributed by atoms with E-state index in [9.17, 15) is 13.2 Å². The molecular formula is C11H17N7O5S2. The van der Waals surface area contributed by atoms with Crippen molar-refractivity contribution in [2.24, 2.45) is 16.5 Å². The average Bonchev–Trinajstić information content (AvgIpc) is 3.06. The number of carbonyl (C=O) groups excluding carboxylic acids is 1. The van der Waals surface area contributed by atoms with Crippen molar-refractivity contribution < 1.29 is 22.0 Å². The topological polar surface area (TPSA) is 177 Å². The van der Waals surface area contributed by atoms with Crippen molar-refractivity contribution in [3.05, 3.63) is 10.0 Å². The molecule has 2 fully saturated rings. The molecule has 2 amide bonds. The Hall–Kier alpha value is -2.03. The molecule has 2 atom stereocenters. The van der Waals surface area contributed by atoms with E-state index in [1.165, 1.54) is 16.2 Å². The van der Waals surface area contributed by atoms with Crippen LogP contribution in [-0.2, 0) is 21.1 Å². The number of fused-ring (bicyclic) bond motifs is 2. The normalized spacial score (nSPS) is 23.2. The van der Waals surface area contributed by atoms with Gasteiger partial charge >= 0.3 is 16.4 Å². The number of carbonyl (C=O) groups is 1. The third-order valence-corrected chi connectivity index (χ3v) is 5.32. The summed E-state index contributed by atoms with van der Waals surface area (Å²) in [6, 6.07) is -1.37. The fourth-order valence-electron chi connectivity index (χ4n) is 2.87. The summed E-state index contributed by atoms with van der Waals surface area (Å²) in [6.45, 7) is 0.685. The second kappa shape index (κ2) is 6.70. The van der Waals surface area contributed by atoms with E-state index in [1.807, 2.05) is 0 Å². The van der Waals surface area contributed by atoms with Crippen LogP contribution < -0.4 is 11.5 Å². The third kappa shape index (κ3) is 3.97. The molecule has 0 unspecified atom stereocenters. The van der Waals surface area contributed by atoms with Crippen molar-refractivity contribution in [1.29, 1.82) is 0 Å². The van der Waals surface area contributed by atoms with Crippen molar-refractivity contribution >= 4 is 33.7 Å². The van der Waals surface area contributed by atoms with Gasteiger partial charge in [0.2, 0.25) is 0 Å². The molecule has 0 saturated carbocycles. The number of aromatic nitrogens is 2. The Kier molecular flexibility index (Phi) is 4.77. The van der Waals surface area contributed by atoms with Crippen LogP contribution >= 0.6 is 11.3 Å². The van der Waals surface area contributed by atoms with Crippen molar-refractivity contribution in [3.63, 3.8) is 0 Å². The summed E-state index contributed by atoms with van der Waals surface area (Å²) in [5.74, 6) is 0.00431. The number of nitrogens with two attached hydrogens (primary N) is 2. The van der Waals surface area contributed by atoms with Gasteiger partial charge < -0.3 is 16.4 Å². The molecule has 1 aromatic rings. The highest BCUT2D eigenvalue weighted by atomic mass is 32.3. The summed E-state index contributed by atoms with van der Waals surface area (Å²) < 4.78 is 35.0. The lowest BCUT2D eigenvalue weighted by Crippen LogP contribution is -2.35. The highest BCUT2D eigenvalue weighted by Crippen LogP contribution is 2.39. The quantitative estimate of drug-likeness (QED) is 0.312. The Morgan fingerprint density at radius 2 is 2.16 bits per heavy atom. The lowest BCUT2D eigenvalue weighted by molar-refractivity contribution is -0.0317. The van der Waals surface area contributed by atoms with Gasteiger partial charge in [0.25, 0.3) is 0 Å². The molecule has 1 aromatic heterocycles. The number of amides is 2. The van der Waals surface area contributed by atoms with Gasteiger partial charge in [0.05, 0.1) is 12.1 Å². The lowest BCUT2D eigenvalue weighted by Gasteiger charge is -2.28. The van der Waals surface area contributed by atoms with Crippen LogP contribution in [0.1, 0.15) is 28.9 Å². The predicted molar refractivity (Wildman–Crippen MR) is 86.6 cm³/mol. The van der Waals surface area contributed by atoms with Gasteiger partial charge in [-0.25, -0.2) is 4.79 Å². The van der Waals surface area contributed by atoms with Gasteiger partial charge in [0.15, 0.2) is 5.96 Å². The maximum Gasteiger partial charge on any atom is 0.418 e.